The van der Waals surface area contributed by atoms with Gasteiger partial charge in [0.25, 0.3) is 0 Å². The van der Waals surface area contributed by atoms with Crippen LogP contribution in [0.1, 0.15) is 0 Å². The van der Waals surface area contributed by atoms with Crippen LogP contribution in [0.2, 0.25) is 0 Å². The summed E-state index contributed by atoms with van der Waals surface area (Å²) in [5, 5.41) is 0. The van der Waals surface area contributed by atoms with Gasteiger partial charge in [0.05, 0.1) is 0 Å². The first-order chi connectivity index (χ1) is 6.81. The molecule has 0 saturated carbocycles. The van der Waals surface area contributed by atoms with E-state index in [1.807, 2.05) is 0 Å². The van der Waals surface area contributed by atoms with Gasteiger partial charge in [-0.25, -0.2) is 0 Å². The van der Waals surface area contributed by atoms with Gasteiger partial charge in [-0.1, -0.05) is 6.08 Å². The molecular weight excluding hydrogens is 255 g/mol. The smallest absolute Gasteiger partial charge is 0.195 e. The van der Waals surface area contributed by atoms with Crippen LogP contribution in [0.25, 0.3) is 0 Å². The zero-order valence-corrected chi connectivity index (χ0v) is 7.26. The van der Waals surface area contributed by atoms with Crippen molar-refractivity contribution in [1.82, 2.24) is 0 Å². The molecule has 0 nitrogen and oxygen atoms in total. The normalized spacial score (nSPS) is 15.9. The van der Waals surface area contributed by atoms with Crippen LogP contribution in [0.5, 0.6) is 0 Å². The molecule has 0 aliphatic carbocycles. The summed E-state index contributed by atoms with van der Waals surface area (Å²) in [5.74, 6) is -19.1. The number of allylic oxidation sites excluding steroid dienone is 2. The summed E-state index contributed by atoms with van der Waals surface area (Å²) in [6.45, 7) is 2.51. The molecule has 95 valence electrons. The molecule has 0 atom stereocenters. The topological polar surface area (TPSA) is 0 Å². The highest BCUT2D eigenvalue weighted by molar-refractivity contribution is 5.10. The summed E-state index contributed by atoms with van der Waals surface area (Å²) in [6.07, 6.45) is -7.61. The molecule has 0 aromatic carbocycles. The zero-order valence-electron chi connectivity index (χ0n) is 7.26. The molecule has 0 heterocycles. The fourth-order valence-electron chi connectivity index (χ4n) is 0.640. The highest BCUT2D eigenvalue weighted by Gasteiger charge is 2.80. The standard InChI is InChI=1S/C7H4F9/c1-2-3-4(8,9)5(10,11)6(12,13)7(14,15)16/h2-3H,1H2. The lowest BCUT2D eigenvalue weighted by Gasteiger charge is -2.32. The first kappa shape index (κ1) is 15.1. The lowest BCUT2D eigenvalue weighted by atomic mass is 10.0. The molecule has 0 spiro atoms. The van der Waals surface area contributed by atoms with E-state index >= 15 is 0 Å². The van der Waals surface area contributed by atoms with Crippen LogP contribution in [0.15, 0.2) is 12.2 Å². The molecule has 0 fully saturated rings. The summed E-state index contributed by atoms with van der Waals surface area (Å²) < 4.78 is 108. The number of halogens is 9. The SMILES string of the molecule is [CH2]C=CC(F)(F)C(F)(F)C(F)(F)C(F)(F)F. The van der Waals surface area contributed by atoms with E-state index in [1.165, 1.54) is 0 Å². The second kappa shape index (κ2) is 3.85. The van der Waals surface area contributed by atoms with E-state index in [9.17, 15) is 39.5 Å². The number of alkyl halides is 9. The number of hydrogen-bond donors (Lipinski definition) is 0. The molecule has 0 rings (SSSR count). The monoisotopic (exact) mass is 259 g/mol. The summed E-state index contributed by atoms with van der Waals surface area (Å²) in [4.78, 5) is 0. The molecule has 16 heavy (non-hydrogen) atoms. The summed E-state index contributed by atoms with van der Waals surface area (Å²) >= 11 is 0. The summed E-state index contributed by atoms with van der Waals surface area (Å²) in [5.41, 5.74) is 0. The van der Waals surface area contributed by atoms with Gasteiger partial charge in [0.15, 0.2) is 0 Å². The quantitative estimate of drug-likeness (QED) is 0.675. The van der Waals surface area contributed by atoms with E-state index in [-0.39, 0.29) is 6.08 Å². The molecule has 9 heteroatoms. The van der Waals surface area contributed by atoms with Crippen molar-refractivity contribution in [2.45, 2.75) is 23.9 Å². The van der Waals surface area contributed by atoms with Crippen molar-refractivity contribution in [3.05, 3.63) is 19.1 Å². The predicted molar refractivity (Wildman–Crippen MR) is 35.4 cm³/mol. The van der Waals surface area contributed by atoms with Gasteiger partial charge in [-0.05, 0) is 13.0 Å². The van der Waals surface area contributed by atoms with Crippen molar-refractivity contribution in [3.63, 3.8) is 0 Å². The van der Waals surface area contributed by atoms with Crippen LogP contribution in [0, 0.1) is 6.92 Å². The maximum atomic E-state index is 12.4. The van der Waals surface area contributed by atoms with E-state index in [1.54, 1.807) is 0 Å². The molecule has 0 aliphatic heterocycles. The van der Waals surface area contributed by atoms with Gasteiger partial charge >= 0.3 is 23.9 Å². The lowest BCUT2D eigenvalue weighted by molar-refractivity contribution is -0.388. The van der Waals surface area contributed by atoms with E-state index in [2.05, 4.69) is 6.92 Å². The maximum absolute atomic E-state index is 12.4. The Morgan fingerprint density at radius 1 is 0.688 bits per heavy atom. The third-order valence-corrected chi connectivity index (χ3v) is 1.50. The van der Waals surface area contributed by atoms with Gasteiger partial charge in [0.1, 0.15) is 0 Å². The van der Waals surface area contributed by atoms with Crippen LogP contribution in [0.3, 0.4) is 0 Å². The molecule has 0 bridgehead atoms. The lowest BCUT2D eigenvalue weighted by Crippen LogP contribution is -2.60. The van der Waals surface area contributed by atoms with Gasteiger partial charge in [-0.15, -0.1) is 0 Å². The number of hydrogen-bond acceptors (Lipinski definition) is 0. The fourth-order valence-corrected chi connectivity index (χ4v) is 0.640. The number of rotatable bonds is 3. The van der Waals surface area contributed by atoms with Crippen LogP contribution in [-0.2, 0) is 0 Å². The van der Waals surface area contributed by atoms with Crippen molar-refractivity contribution in [2.24, 2.45) is 0 Å². The first-order valence-electron chi connectivity index (χ1n) is 3.48. The third-order valence-electron chi connectivity index (χ3n) is 1.50. The van der Waals surface area contributed by atoms with Crippen molar-refractivity contribution in [1.29, 1.82) is 0 Å². The molecule has 0 unspecified atom stereocenters. The molecular formula is C7H4F9. The van der Waals surface area contributed by atoms with Crippen LogP contribution in [0.4, 0.5) is 39.5 Å². The minimum atomic E-state index is -6.84. The van der Waals surface area contributed by atoms with E-state index in [0.29, 0.717) is 0 Å². The highest BCUT2D eigenvalue weighted by atomic mass is 19.4. The average Bonchev–Trinajstić information content (AvgIpc) is 2.01. The molecule has 0 aromatic heterocycles. The van der Waals surface area contributed by atoms with Crippen LogP contribution in [-0.4, -0.2) is 23.9 Å². The summed E-state index contributed by atoms with van der Waals surface area (Å²) in [6, 6.07) is 0. The zero-order chi connectivity index (χ0) is 13.4. The van der Waals surface area contributed by atoms with Gasteiger partial charge in [0.2, 0.25) is 0 Å². The Balaban J connectivity index is 5.52. The fraction of sp³-hybridized carbons (Fsp3) is 0.571. The second-order valence-electron chi connectivity index (χ2n) is 2.67. The van der Waals surface area contributed by atoms with E-state index < -0.39 is 30.0 Å². The Kier molecular flexibility index (Phi) is 3.63. The van der Waals surface area contributed by atoms with Gasteiger partial charge in [0, 0.05) is 0 Å². The van der Waals surface area contributed by atoms with Crippen molar-refractivity contribution < 1.29 is 39.5 Å². The Hall–Kier alpha value is -0.890. The third kappa shape index (κ3) is 2.12. The van der Waals surface area contributed by atoms with Crippen LogP contribution < -0.4 is 0 Å². The van der Waals surface area contributed by atoms with Crippen molar-refractivity contribution in [3.8, 4) is 0 Å². The van der Waals surface area contributed by atoms with E-state index in [4.69, 9.17) is 0 Å². The van der Waals surface area contributed by atoms with Gasteiger partial charge in [-0.3, -0.25) is 0 Å². The van der Waals surface area contributed by atoms with E-state index in [0.717, 1.165) is 0 Å². The molecule has 0 aromatic rings. The Bertz CT molecular complexity index is 272. The molecule has 0 saturated heterocycles. The minimum Gasteiger partial charge on any atom is -0.195 e. The maximum Gasteiger partial charge on any atom is 0.460 e. The Morgan fingerprint density at radius 3 is 1.31 bits per heavy atom. The molecule has 1 radical (unpaired) electrons. The van der Waals surface area contributed by atoms with Crippen LogP contribution >= 0.6 is 0 Å². The average molecular weight is 259 g/mol. The largest absolute Gasteiger partial charge is 0.460 e. The molecule has 0 amide bonds. The van der Waals surface area contributed by atoms with Crippen molar-refractivity contribution in [2.75, 3.05) is 0 Å². The van der Waals surface area contributed by atoms with Gasteiger partial charge in [-0.2, -0.15) is 39.5 Å². The van der Waals surface area contributed by atoms with Crippen molar-refractivity contribution >= 4 is 0 Å². The second-order valence-corrected chi connectivity index (χ2v) is 2.67. The van der Waals surface area contributed by atoms with Gasteiger partial charge < -0.3 is 0 Å². The Labute approximate surface area is 83.7 Å². The predicted octanol–water partition coefficient (Wildman–Crippen LogP) is 3.84. The molecule has 0 aliphatic rings. The molecule has 0 N–H and O–H groups in total. The minimum absolute atomic E-state index is 0.000361. The highest BCUT2D eigenvalue weighted by Crippen LogP contribution is 2.53. The summed E-state index contributed by atoms with van der Waals surface area (Å²) in [7, 11) is 0. The first-order valence-corrected chi connectivity index (χ1v) is 3.48. The Morgan fingerprint density at radius 2 is 1.06 bits per heavy atom.